The number of rotatable bonds is 12. The van der Waals surface area contributed by atoms with Gasteiger partial charge < -0.3 is 30.1 Å². The lowest BCUT2D eigenvalue weighted by Gasteiger charge is -2.38. The number of carbonyl (C=O) groups excluding carboxylic acids is 4. The molecule has 0 saturated heterocycles. The number of phenolic OH excluding ortho intramolecular Hbond substituents is 1. The number of phenols is 1. The van der Waals surface area contributed by atoms with Gasteiger partial charge in [-0.15, -0.1) is 0 Å². The van der Waals surface area contributed by atoms with E-state index in [0.29, 0.717) is 11.1 Å². The normalized spacial score (nSPS) is 13.5. The van der Waals surface area contributed by atoms with Crippen molar-refractivity contribution in [2.75, 3.05) is 0 Å². The maximum Gasteiger partial charge on any atom is 0.408 e. The molecule has 3 unspecified atom stereocenters. The van der Waals surface area contributed by atoms with Gasteiger partial charge in [0.2, 0.25) is 11.8 Å². The predicted octanol–water partition coefficient (Wildman–Crippen LogP) is 6.18. The number of amides is 3. The summed E-state index contributed by atoms with van der Waals surface area (Å²) in [5.41, 5.74) is 0.860. The Morgan fingerprint density at radius 1 is 0.735 bits per heavy atom. The van der Waals surface area contributed by atoms with Crippen LogP contribution < -0.4 is 10.6 Å². The molecule has 3 rings (SSSR count). The van der Waals surface area contributed by atoms with Crippen LogP contribution in [0.3, 0.4) is 0 Å². The molecule has 0 radical (unpaired) electrons. The summed E-state index contributed by atoms with van der Waals surface area (Å²) in [4.78, 5) is 57.2. The topological polar surface area (TPSA) is 134 Å². The zero-order chi connectivity index (χ0) is 36.5. The first-order chi connectivity index (χ1) is 22.8. The molecule has 0 saturated carbocycles. The maximum atomic E-state index is 14.7. The summed E-state index contributed by atoms with van der Waals surface area (Å²) in [5, 5.41) is 16.0. The van der Waals surface area contributed by atoms with E-state index < -0.39 is 59.2 Å². The van der Waals surface area contributed by atoms with Crippen molar-refractivity contribution in [3.63, 3.8) is 0 Å². The van der Waals surface area contributed by atoms with Gasteiger partial charge in [0.05, 0.1) is 0 Å². The van der Waals surface area contributed by atoms with E-state index in [9.17, 15) is 24.3 Å². The zero-order valence-electron chi connectivity index (χ0n) is 30.1. The number of aromatic hydroxyl groups is 1. The van der Waals surface area contributed by atoms with Crippen LogP contribution in [0.15, 0.2) is 78.9 Å². The van der Waals surface area contributed by atoms with Crippen LogP contribution in [-0.2, 0) is 36.7 Å². The molecule has 0 heterocycles. The van der Waals surface area contributed by atoms with E-state index in [-0.39, 0.29) is 18.6 Å². The molecule has 0 aliphatic rings. The average molecular weight is 674 g/mol. The van der Waals surface area contributed by atoms with E-state index in [2.05, 4.69) is 10.6 Å². The zero-order valence-corrected chi connectivity index (χ0v) is 30.1. The summed E-state index contributed by atoms with van der Waals surface area (Å²) >= 11 is 0. The summed E-state index contributed by atoms with van der Waals surface area (Å²) in [6.07, 6.45) is -0.505. The molecule has 3 N–H and O–H groups in total. The predicted molar refractivity (Wildman–Crippen MR) is 189 cm³/mol. The first-order valence-electron chi connectivity index (χ1n) is 16.6. The molecule has 3 atom stereocenters. The van der Waals surface area contributed by atoms with Crippen molar-refractivity contribution >= 4 is 23.9 Å². The molecule has 3 aromatic rings. The molecule has 10 nitrogen and oxygen atoms in total. The minimum Gasteiger partial charge on any atom is -0.508 e. The van der Waals surface area contributed by atoms with Crippen molar-refractivity contribution in [2.45, 2.75) is 111 Å². The van der Waals surface area contributed by atoms with Gasteiger partial charge in [0.15, 0.2) is 0 Å². The van der Waals surface area contributed by atoms with Crippen molar-refractivity contribution in [1.82, 2.24) is 15.5 Å². The van der Waals surface area contributed by atoms with Crippen LogP contribution in [0.5, 0.6) is 5.75 Å². The lowest BCUT2D eigenvalue weighted by Crippen LogP contribution is -2.57. The number of benzene rings is 3. The highest BCUT2D eigenvalue weighted by atomic mass is 16.6. The Kier molecular flexibility index (Phi) is 13.0. The van der Waals surface area contributed by atoms with Crippen LogP contribution >= 0.6 is 0 Å². The van der Waals surface area contributed by atoms with E-state index in [1.54, 1.807) is 74.4 Å². The SMILES string of the molecule is Cc1cc(C(C(=O)NC(Cc2ccccc2)C(=O)OC(C)(C)C)N(C(=O)C(Cc2ccccc2)NC(=O)OC(C)(C)C)C(C)C)ccc1O. The third kappa shape index (κ3) is 12.0. The maximum absolute atomic E-state index is 14.7. The molecule has 3 aromatic carbocycles. The first-order valence-corrected chi connectivity index (χ1v) is 16.6. The lowest BCUT2D eigenvalue weighted by atomic mass is 9.97. The second kappa shape index (κ2) is 16.5. The Labute approximate surface area is 290 Å². The number of nitrogens with zero attached hydrogens (tertiary/aromatic N) is 1. The first kappa shape index (κ1) is 38.6. The number of carbonyl (C=O) groups is 4. The molecule has 0 bridgehead atoms. The standard InChI is InChI=1S/C39H51N3O7/c1-25(2)42(35(45)30(23-27-16-12-10-13-17-27)41-37(47)49-39(7,8)9)33(29-20-21-32(43)26(3)22-29)34(44)40-31(36(46)48-38(4,5)6)24-28-18-14-11-15-19-28/h10-22,25,30-31,33,43H,23-24H2,1-9H3,(H,40,44)(H,41,47). The van der Waals surface area contributed by atoms with Crippen LogP contribution in [-0.4, -0.2) is 63.2 Å². The Balaban J connectivity index is 2.11. The summed E-state index contributed by atoms with van der Waals surface area (Å²) in [6.45, 7) is 15.7. The minimum absolute atomic E-state index is 0.0228. The highest BCUT2D eigenvalue weighted by Crippen LogP contribution is 2.29. The van der Waals surface area contributed by atoms with E-state index in [1.165, 1.54) is 11.0 Å². The Hall–Kier alpha value is -4.86. The molecular formula is C39H51N3O7. The summed E-state index contributed by atoms with van der Waals surface area (Å²) in [7, 11) is 0. The number of hydrogen-bond donors (Lipinski definition) is 3. The monoisotopic (exact) mass is 673 g/mol. The van der Waals surface area contributed by atoms with E-state index in [4.69, 9.17) is 9.47 Å². The van der Waals surface area contributed by atoms with Crippen molar-refractivity contribution in [2.24, 2.45) is 0 Å². The molecule has 49 heavy (non-hydrogen) atoms. The third-order valence-electron chi connectivity index (χ3n) is 7.44. The number of hydrogen-bond acceptors (Lipinski definition) is 7. The van der Waals surface area contributed by atoms with Crippen molar-refractivity contribution in [3.05, 3.63) is 101 Å². The quantitative estimate of drug-likeness (QED) is 0.196. The lowest BCUT2D eigenvalue weighted by molar-refractivity contribution is -0.159. The fourth-order valence-electron chi connectivity index (χ4n) is 5.31. The van der Waals surface area contributed by atoms with Gasteiger partial charge in [-0.3, -0.25) is 9.59 Å². The van der Waals surface area contributed by atoms with E-state index in [1.807, 2.05) is 60.7 Å². The summed E-state index contributed by atoms with van der Waals surface area (Å²) in [5.74, 6) is -1.77. The highest BCUT2D eigenvalue weighted by Gasteiger charge is 2.40. The molecule has 0 aliphatic carbocycles. The Bertz CT molecular complexity index is 1580. The van der Waals surface area contributed by atoms with Crippen LogP contribution in [0.2, 0.25) is 0 Å². The number of esters is 1. The second-order valence-electron chi connectivity index (χ2n) is 14.5. The molecule has 0 aliphatic heterocycles. The fraction of sp³-hybridized carbons (Fsp3) is 0.436. The highest BCUT2D eigenvalue weighted by molar-refractivity contribution is 5.94. The molecule has 0 spiro atoms. The van der Waals surface area contributed by atoms with Crippen LogP contribution in [0.25, 0.3) is 0 Å². The Morgan fingerprint density at radius 2 is 1.24 bits per heavy atom. The van der Waals surface area contributed by atoms with Crippen molar-refractivity contribution in [1.29, 1.82) is 0 Å². The van der Waals surface area contributed by atoms with Gasteiger partial charge >= 0.3 is 12.1 Å². The fourth-order valence-corrected chi connectivity index (χ4v) is 5.31. The molecular weight excluding hydrogens is 622 g/mol. The molecule has 264 valence electrons. The van der Waals surface area contributed by atoms with Gasteiger partial charge in [0, 0.05) is 18.9 Å². The van der Waals surface area contributed by atoms with Gasteiger partial charge in [0.1, 0.15) is 35.1 Å². The summed E-state index contributed by atoms with van der Waals surface area (Å²) < 4.78 is 11.2. The average Bonchev–Trinajstić information content (AvgIpc) is 2.99. The molecule has 3 amide bonds. The number of alkyl carbamates (subject to hydrolysis) is 1. The molecule has 0 fully saturated rings. The van der Waals surface area contributed by atoms with Gasteiger partial charge in [-0.1, -0.05) is 66.7 Å². The molecule has 10 heteroatoms. The summed E-state index contributed by atoms with van der Waals surface area (Å²) in [6, 6.07) is 19.1. The largest absolute Gasteiger partial charge is 0.508 e. The third-order valence-corrected chi connectivity index (χ3v) is 7.44. The molecule has 0 aromatic heterocycles. The van der Waals surface area contributed by atoms with Crippen LogP contribution in [0.4, 0.5) is 4.79 Å². The van der Waals surface area contributed by atoms with Crippen LogP contribution in [0, 0.1) is 6.92 Å². The van der Waals surface area contributed by atoms with Gasteiger partial charge in [0.25, 0.3) is 0 Å². The smallest absolute Gasteiger partial charge is 0.408 e. The number of ether oxygens (including phenoxy) is 2. The van der Waals surface area contributed by atoms with Gasteiger partial charge in [-0.05, 0) is 96.7 Å². The number of nitrogens with one attached hydrogen (secondary N) is 2. The Morgan fingerprint density at radius 3 is 1.71 bits per heavy atom. The number of aryl methyl sites for hydroxylation is 1. The van der Waals surface area contributed by atoms with Crippen LogP contribution in [0.1, 0.15) is 83.7 Å². The van der Waals surface area contributed by atoms with E-state index in [0.717, 1.165) is 11.1 Å². The van der Waals surface area contributed by atoms with E-state index >= 15 is 0 Å². The second-order valence-corrected chi connectivity index (χ2v) is 14.5. The minimum atomic E-state index is -1.26. The van der Waals surface area contributed by atoms with Gasteiger partial charge in [-0.25, -0.2) is 9.59 Å². The van der Waals surface area contributed by atoms with Crippen molar-refractivity contribution in [3.8, 4) is 5.75 Å². The van der Waals surface area contributed by atoms with Crippen molar-refractivity contribution < 1.29 is 33.8 Å². The van der Waals surface area contributed by atoms with Gasteiger partial charge in [-0.2, -0.15) is 0 Å².